The minimum Gasteiger partial charge on any atom is -0.481 e. The monoisotopic (exact) mass is 267 g/mol. The van der Waals surface area contributed by atoms with Gasteiger partial charge in [0, 0.05) is 19.0 Å². The van der Waals surface area contributed by atoms with E-state index in [0.29, 0.717) is 25.4 Å². The maximum Gasteiger partial charge on any atom is 0.308 e. The first-order valence-corrected chi connectivity index (χ1v) is 7.50. The van der Waals surface area contributed by atoms with Crippen molar-refractivity contribution in [1.29, 1.82) is 0 Å². The maximum absolute atomic E-state index is 12.4. The third-order valence-corrected chi connectivity index (χ3v) is 4.91. The average molecular weight is 267 g/mol. The fourth-order valence-corrected chi connectivity index (χ4v) is 3.45. The van der Waals surface area contributed by atoms with Gasteiger partial charge < -0.3 is 10.0 Å². The SMILES string of the molecule is CC(C)C1CCC(C(=O)N2CCC(C(=O)O)C2)CC1. The Kier molecular flexibility index (Phi) is 4.48. The topological polar surface area (TPSA) is 57.6 Å². The van der Waals surface area contributed by atoms with E-state index in [4.69, 9.17) is 5.11 Å². The molecule has 1 saturated carbocycles. The van der Waals surface area contributed by atoms with E-state index in [0.717, 1.165) is 31.6 Å². The van der Waals surface area contributed by atoms with Crippen LogP contribution < -0.4 is 0 Å². The molecule has 1 amide bonds. The van der Waals surface area contributed by atoms with Crippen molar-refractivity contribution in [3.05, 3.63) is 0 Å². The molecule has 1 aliphatic carbocycles. The fourth-order valence-electron chi connectivity index (χ4n) is 3.45. The first-order chi connectivity index (χ1) is 8.99. The van der Waals surface area contributed by atoms with Crippen LogP contribution in [0.25, 0.3) is 0 Å². The Morgan fingerprint density at radius 1 is 1.05 bits per heavy atom. The highest BCUT2D eigenvalue weighted by Gasteiger charge is 2.35. The van der Waals surface area contributed by atoms with E-state index in [1.54, 1.807) is 4.90 Å². The van der Waals surface area contributed by atoms with Crippen molar-refractivity contribution in [3.8, 4) is 0 Å². The zero-order chi connectivity index (χ0) is 14.0. The number of hydrogen-bond donors (Lipinski definition) is 1. The van der Waals surface area contributed by atoms with Crippen molar-refractivity contribution in [1.82, 2.24) is 4.90 Å². The molecular formula is C15H25NO3. The Morgan fingerprint density at radius 3 is 2.16 bits per heavy atom. The van der Waals surface area contributed by atoms with Crippen LogP contribution in [0.1, 0.15) is 46.0 Å². The number of carboxylic acid groups (broad SMARTS) is 1. The molecular weight excluding hydrogens is 242 g/mol. The zero-order valence-electron chi connectivity index (χ0n) is 12.0. The number of nitrogens with zero attached hydrogens (tertiary/aromatic N) is 1. The Labute approximate surface area is 115 Å². The quantitative estimate of drug-likeness (QED) is 0.854. The summed E-state index contributed by atoms with van der Waals surface area (Å²) < 4.78 is 0. The molecule has 1 saturated heterocycles. The molecule has 0 aromatic carbocycles. The molecule has 108 valence electrons. The van der Waals surface area contributed by atoms with Crippen LogP contribution in [-0.4, -0.2) is 35.0 Å². The van der Waals surface area contributed by atoms with Gasteiger partial charge in [0.05, 0.1) is 5.92 Å². The number of likely N-dealkylation sites (tertiary alicyclic amines) is 1. The summed E-state index contributed by atoms with van der Waals surface area (Å²) in [4.78, 5) is 25.1. The number of carbonyl (C=O) groups excluding carboxylic acids is 1. The molecule has 1 unspecified atom stereocenters. The highest BCUT2D eigenvalue weighted by molar-refractivity contribution is 5.80. The lowest BCUT2D eigenvalue weighted by Crippen LogP contribution is -2.37. The van der Waals surface area contributed by atoms with Crippen LogP contribution in [-0.2, 0) is 9.59 Å². The molecule has 0 bridgehead atoms. The van der Waals surface area contributed by atoms with Gasteiger partial charge in [0.25, 0.3) is 0 Å². The van der Waals surface area contributed by atoms with E-state index in [1.807, 2.05) is 0 Å². The molecule has 4 nitrogen and oxygen atoms in total. The normalized spacial score (nSPS) is 31.7. The summed E-state index contributed by atoms with van der Waals surface area (Å²) >= 11 is 0. The maximum atomic E-state index is 12.4. The molecule has 0 radical (unpaired) electrons. The van der Waals surface area contributed by atoms with Crippen molar-refractivity contribution in [2.75, 3.05) is 13.1 Å². The third-order valence-electron chi connectivity index (χ3n) is 4.91. The first-order valence-electron chi connectivity index (χ1n) is 7.50. The van der Waals surface area contributed by atoms with Gasteiger partial charge in [0.2, 0.25) is 5.91 Å². The van der Waals surface area contributed by atoms with Crippen molar-refractivity contribution in [3.63, 3.8) is 0 Å². The summed E-state index contributed by atoms with van der Waals surface area (Å²) in [7, 11) is 0. The van der Waals surface area contributed by atoms with Gasteiger partial charge in [-0.2, -0.15) is 0 Å². The fraction of sp³-hybridized carbons (Fsp3) is 0.867. The largest absolute Gasteiger partial charge is 0.481 e. The number of rotatable bonds is 3. The van der Waals surface area contributed by atoms with E-state index in [-0.39, 0.29) is 17.7 Å². The van der Waals surface area contributed by atoms with E-state index < -0.39 is 5.97 Å². The summed E-state index contributed by atoms with van der Waals surface area (Å²) in [5, 5.41) is 8.98. The molecule has 0 aromatic rings. The Morgan fingerprint density at radius 2 is 1.68 bits per heavy atom. The summed E-state index contributed by atoms with van der Waals surface area (Å²) in [5.74, 6) is 0.692. The molecule has 4 heteroatoms. The molecule has 2 aliphatic rings. The zero-order valence-corrected chi connectivity index (χ0v) is 12.0. The van der Waals surface area contributed by atoms with Gasteiger partial charge in [0.1, 0.15) is 0 Å². The number of amides is 1. The second kappa shape index (κ2) is 5.93. The molecule has 1 atom stereocenters. The summed E-state index contributed by atoms with van der Waals surface area (Å²) in [6, 6.07) is 0. The standard InChI is InChI=1S/C15H25NO3/c1-10(2)11-3-5-12(6-4-11)14(17)16-8-7-13(9-16)15(18)19/h10-13H,3-9H2,1-2H3,(H,18,19). The number of aliphatic carboxylic acids is 1. The van der Waals surface area contributed by atoms with Crippen LogP contribution in [0.5, 0.6) is 0 Å². The number of carboxylic acids is 1. The lowest BCUT2D eigenvalue weighted by molar-refractivity contribution is -0.141. The van der Waals surface area contributed by atoms with Crippen molar-refractivity contribution >= 4 is 11.9 Å². The van der Waals surface area contributed by atoms with Crippen LogP contribution in [0.2, 0.25) is 0 Å². The Bertz CT molecular complexity index is 345. The number of carbonyl (C=O) groups is 2. The lowest BCUT2D eigenvalue weighted by Gasteiger charge is -2.32. The molecule has 1 heterocycles. The van der Waals surface area contributed by atoms with Gasteiger partial charge in [-0.1, -0.05) is 13.8 Å². The molecule has 1 N–H and O–H groups in total. The van der Waals surface area contributed by atoms with Gasteiger partial charge in [-0.25, -0.2) is 0 Å². The Balaban J connectivity index is 1.83. The predicted octanol–water partition coefficient (Wildman–Crippen LogP) is 2.38. The average Bonchev–Trinajstić information content (AvgIpc) is 2.87. The van der Waals surface area contributed by atoms with Crippen molar-refractivity contribution < 1.29 is 14.7 Å². The van der Waals surface area contributed by atoms with Crippen molar-refractivity contribution in [2.24, 2.45) is 23.7 Å². The molecule has 0 aromatic heterocycles. The summed E-state index contributed by atoms with van der Waals surface area (Å²) in [6.45, 7) is 5.55. The van der Waals surface area contributed by atoms with E-state index >= 15 is 0 Å². The predicted molar refractivity (Wildman–Crippen MR) is 72.6 cm³/mol. The first kappa shape index (κ1) is 14.4. The molecule has 2 rings (SSSR count). The van der Waals surface area contributed by atoms with Crippen LogP contribution in [0.15, 0.2) is 0 Å². The highest BCUT2D eigenvalue weighted by Crippen LogP contribution is 2.34. The molecule has 2 fully saturated rings. The van der Waals surface area contributed by atoms with Crippen LogP contribution in [0.3, 0.4) is 0 Å². The van der Waals surface area contributed by atoms with Crippen LogP contribution >= 0.6 is 0 Å². The lowest BCUT2D eigenvalue weighted by atomic mass is 9.76. The minimum absolute atomic E-state index is 0.141. The summed E-state index contributed by atoms with van der Waals surface area (Å²) in [6.07, 6.45) is 4.86. The molecule has 19 heavy (non-hydrogen) atoms. The van der Waals surface area contributed by atoms with Crippen LogP contribution in [0, 0.1) is 23.7 Å². The van der Waals surface area contributed by atoms with Gasteiger partial charge >= 0.3 is 5.97 Å². The Hall–Kier alpha value is -1.06. The van der Waals surface area contributed by atoms with Crippen molar-refractivity contribution in [2.45, 2.75) is 46.0 Å². The van der Waals surface area contributed by atoms with Gasteiger partial charge in [0.15, 0.2) is 0 Å². The van der Waals surface area contributed by atoms with Gasteiger partial charge in [-0.05, 0) is 43.9 Å². The summed E-state index contributed by atoms with van der Waals surface area (Å²) in [5.41, 5.74) is 0. The molecule has 0 spiro atoms. The smallest absolute Gasteiger partial charge is 0.308 e. The van der Waals surface area contributed by atoms with E-state index in [1.165, 1.54) is 0 Å². The highest BCUT2D eigenvalue weighted by atomic mass is 16.4. The minimum atomic E-state index is -0.765. The molecule has 1 aliphatic heterocycles. The van der Waals surface area contributed by atoms with Crippen LogP contribution in [0.4, 0.5) is 0 Å². The van der Waals surface area contributed by atoms with E-state index in [9.17, 15) is 9.59 Å². The second-order valence-corrected chi connectivity index (χ2v) is 6.46. The van der Waals surface area contributed by atoms with Gasteiger partial charge in [-0.3, -0.25) is 9.59 Å². The third kappa shape index (κ3) is 3.28. The van der Waals surface area contributed by atoms with Gasteiger partial charge in [-0.15, -0.1) is 0 Å². The van der Waals surface area contributed by atoms with E-state index in [2.05, 4.69) is 13.8 Å². The second-order valence-electron chi connectivity index (χ2n) is 6.46. The number of hydrogen-bond acceptors (Lipinski definition) is 2.